The van der Waals surface area contributed by atoms with E-state index in [1.165, 1.54) is 4.90 Å². The quantitative estimate of drug-likeness (QED) is 0.404. The van der Waals surface area contributed by atoms with Gasteiger partial charge in [-0.3, -0.25) is 14.4 Å². The smallest absolute Gasteiger partial charge is 0.298 e. The molecule has 162 valence electrons. The average Bonchev–Trinajstić information content (AvgIpc) is 3.31. The van der Waals surface area contributed by atoms with Crippen LogP contribution in [0.15, 0.2) is 96.0 Å². The zero-order chi connectivity index (χ0) is 22.8. The van der Waals surface area contributed by atoms with Gasteiger partial charge in [0, 0.05) is 28.4 Å². The summed E-state index contributed by atoms with van der Waals surface area (Å²) in [6.45, 7) is 0.120. The Kier molecular flexibility index (Phi) is 5.54. The lowest BCUT2D eigenvalue weighted by atomic mass is 10.1. The zero-order valence-corrected chi connectivity index (χ0v) is 18.3. The zero-order valence-electron chi connectivity index (χ0n) is 17.5. The highest BCUT2D eigenvalue weighted by Gasteiger charge is 2.36. The molecule has 0 unspecified atom stereocenters. The molecule has 0 atom stereocenters. The third kappa shape index (κ3) is 4.18. The molecule has 1 saturated heterocycles. The van der Waals surface area contributed by atoms with Crippen LogP contribution in [0, 0.1) is 0 Å². The van der Waals surface area contributed by atoms with Crippen LogP contribution in [0.25, 0.3) is 17.0 Å². The van der Waals surface area contributed by atoms with Gasteiger partial charge in [0.15, 0.2) is 0 Å². The summed E-state index contributed by atoms with van der Waals surface area (Å²) in [4.78, 5) is 39.7. The van der Waals surface area contributed by atoms with Gasteiger partial charge in [-0.15, -0.1) is 0 Å². The molecule has 0 aliphatic carbocycles. The maximum absolute atomic E-state index is 13.0. The van der Waals surface area contributed by atoms with Gasteiger partial charge in [0.2, 0.25) is 5.91 Å². The Morgan fingerprint density at radius 3 is 2.30 bits per heavy atom. The first-order valence-corrected chi connectivity index (χ1v) is 11.2. The lowest BCUT2D eigenvalue weighted by Crippen LogP contribution is -2.27. The summed E-state index contributed by atoms with van der Waals surface area (Å²) in [6.07, 6.45) is 3.56. The van der Waals surface area contributed by atoms with Crippen LogP contribution in [0.5, 0.6) is 0 Å². The number of para-hydroxylation sites is 3. The monoisotopic (exact) mass is 453 g/mol. The molecule has 5 rings (SSSR count). The van der Waals surface area contributed by atoms with E-state index >= 15 is 0 Å². The minimum absolute atomic E-state index is 0.120. The molecule has 4 aromatic rings. The van der Waals surface area contributed by atoms with Crippen molar-refractivity contribution in [3.63, 3.8) is 0 Å². The predicted molar refractivity (Wildman–Crippen MR) is 132 cm³/mol. The molecule has 0 spiro atoms. The van der Waals surface area contributed by atoms with Gasteiger partial charge in [0.05, 0.1) is 10.6 Å². The van der Waals surface area contributed by atoms with Crippen LogP contribution in [-0.4, -0.2) is 21.6 Å². The van der Waals surface area contributed by atoms with Crippen molar-refractivity contribution in [3.8, 4) is 0 Å². The molecule has 7 heteroatoms. The van der Waals surface area contributed by atoms with Crippen molar-refractivity contribution in [2.75, 3.05) is 10.2 Å². The van der Waals surface area contributed by atoms with E-state index in [1.807, 2.05) is 71.4 Å². The fourth-order valence-electron chi connectivity index (χ4n) is 3.81. The first-order valence-electron chi connectivity index (χ1n) is 10.4. The van der Waals surface area contributed by atoms with Crippen molar-refractivity contribution in [2.45, 2.75) is 6.54 Å². The van der Waals surface area contributed by atoms with E-state index in [2.05, 4.69) is 5.32 Å². The number of hydrogen-bond acceptors (Lipinski definition) is 4. The van der Waals surface area contributed by atoms with Gasteiger partial charge in [-0.25, -0.2) is 4.90 Å². The SMILES string of the molecule is O=C(Cn1cc(/C=C2/SC(=O)N(c3ccccc3)C2=O)c2ccccc21)Nc1ccccc1. The first-order chi connectivity index (χ1) is 16.1. The van der Waals surface area contributed by atoms with E-state index in [1.54, 1.807) is 30.3 Å². The Hall–Kier alpha value is -4.10. The Bertz CT molecular complexity index is 1390. The third-order valence-electron chi connectivity index (χ3n) is 5.29. The number of nitrogens with zero attached hydrogens (tertiary/aromatic N) is 2. The molecule has 1 N–H and O–H groups in total. The van der Waals surface area contributed by atoms with E-state index in [-0.39, 0.29) is 23.6 Å². The number of anilines is 2. The molecule has 3 aromatic carbocycles. The van der Waals surface area contributed by atoms with Crippen molar-refractivity contribution in [3.05, 3.63) is 102 Å². The molecule has 3 amide bonds. The molecule has 0 saturated carbocycles. The average molecular weight is 454 g/mol. The van der Waals surface area contributed by atoms with E-state index in [0.29, 0.717) is 10.6 Å². The number of thioether (sulfide) groups is 1. The van der Waals surface area contributed by atoms with Crippen LogP contribution in [0.1, 0.15) is 5.56 Å². The van der Waals surface area contributed by atoms with Gasteiger partial charge in [0.25, 0.3) is 11.1 Å². The Morgan fingerprint density at radius 1 is 0.879 bits per heavy atom. The summed E-state index contributed by atoms with van der Waals surface area (Å²) in [7, 11) is 0. The highest BCUT2D eigenvalue weighted by molar-refractivity contribution is 8.19. The number of benzene rings is 3. The number of aromatic nitrogens is 1. The fraction of sp³-hybridized carbons (Fsp3) is 0.0385. The minimum Gasteiger partial charge on any atom is -0.337 e. The second-order valence-electron chi connectivity index (χ2n) is 7.50. The van der Waals surface area contributed by atoms with Crippen molar-refractivity contribution in [2.24, 2.45) is 0 Å². The summed E-state index contributed by atoms with van der Waals surface area (Å²) in [5, 5.41) is 3.46. The van der Waals surface area contributed by atoms with E-state index in [4.69, 9.17) is 0 Å². The first kappa shape index (κ1) is 20.8. The molecule has 1 aromatic heterocycles. The third-order valence-corrected chi connectivity index (χ3v) is 6.16. The highest BCUT2D eigenvalue weighted by atomic mass is 32.2. The lowest BCUT2D eigenvalue weighted by Gasteiger charge is -2.11. The summed E-state index contributed by atoms with van der Waals surface area (Å²) in [5.41, 5.74) is 2.92. The van der Waals surface area contributed by atoms with E-state index in [0.717, 1.165) is 33.9 Å². The number of nitrogens with one attached hydrogen (secondary N) is 1. The Morgan fingerprint density at radius 2 is 1.55 bits per heavy atom. The second kappa shape index (κ2) is 8.80. The van der Waals surface area contributed by atoms with Gasteiger partial charge in [0.1, 0.15) is 6.54 Å². The number of imide groups is 1. The van der Waals surface area contributed by atoms with Crippen LogP contribution < -0.4 is 10.2 Å². The summed E-state index contributed by atoms with van der Waals surface area (Å²) in [5.74, 6) is -0.507. The summed E-state index contributed by atoms with van der Waals surface area (Å²) >= 11 is 0.915. The molecule has 1 aliphatic heterocycles. The van der Waals surface area contributed by atoms with Crippen LogP contribution >= 0.6 is 11.8 Å². The van der Waals surface area contributed by atoms with Crippen molar-refractivity contribution >= 4 is 57.2 Å². The fourth-order valence-corrected chi connectivity index (χ4v) is 4.64. The molecule has 6 nitrogen and oxygen atoms in total. The van der Waals surface area contributed by atoms with Crippen LogP contribution in [0.4, 0.5) is 16.2 Å². The van der Waals surface area contributed by atoms with Crippen molar-refractivity contribution < 1.29 is 14.4 Å². The number of amides is 3. The van der Waals surface area contributed by atoms with Gasteiger partial charge < -0.3 is 9.88 Å². The maximum Gasteiger partial charge on any atom is 0.298 e. The van der Waals surface area contributed by atoms with Gasteiger partial charge in [-0.1, -0.05) is 54.6 Å². The largest absolute Gasteiger partial charge is 0.337 e. The number of carbonyl (C=O) groups is 3. The number of rotatable bonds is 5. The normalized spacial score (nSPS) is 14.9. The van der Waals surface area contributed by atoms with Gasteiger partial charge in [-0.05, 0) is 48.2 Å². The lowest BCUT2D eigenvalue weighted by molar-refractivity contribution is -0.116. The molecule has 33 heavy (non-hydrogen) atoms. The molecule has 2 heterocycles. The molecule has 0 bridgehead atoms. The number of hydrogen-bond donors (Lipinski definition) is 1. The van der Waals surface area contributed by atoms with Crippen LogP contribution in [0.3, 0.4) is 0 Å². The molecular weight excluding hydrogens is 434 g/mol. The maximum atomic E-state index is 13.0. The number of carbonyl (C=O) groups excluding carboxylic acids is 3. The predicted octanol–water partition coefficient (Wildman–Crippen LogP) is 5.52. The summed E-state index contributed by atoms with van der Waals surface area (Å²) < 4.78 is 1.85. The second-order valence-corrected chi connectivity index (χ2v) is 8.49. The highest BCUT2D eigenvalue weighted by Crippen LogP contribution is 2.36. The van der Waals surface area contributed by atoms with Crippen molar-refractivity contribution in [1.29, 1.82) is 0 Å². The van der Waals surface area contributed by atoms with Crippen LogP contribution in [-0.2, 0) is 16.1 Å². The Balaban J connectivity index is 1.45. The molecule has 1 fully saturated rings. The van der Waals surface area contributed by atoms with Gasteiger partial charge in [-0.2, -0.15) is 0 Å². The summed E-state index contributed by atoms with van der Waals surface area (Å²) in [6, 6.07) is 25.8. The number of fused-ring (bicyclic) bond motifs is 1. The standard InChI is InChI=1S/C26H19N3O3S/c30-24(27-19-9-3-1-4-10-19)17-28-16-18(21-13-7-8-14-22(21)28)15-23-25(31)29(26(32)33-23)20-11-5-2-6-12-20/h1-16H,17H2,(H,27,30)/b23-15+. The molecular formula is C26H19N3O3S. The van der Waals surface area contributed by atoms with E-state index in [9.17, 15) is 14.4 Å². The van der Waals surface area contributed by atoms with Gasteiger partial charge >= 0.3 is 0 Å². The minimum atomic E-state index is -0.352. The van der Waals surface area contributed by atoms with Crippen molar-refractivity contribution in [1.82, 2.24) is 4.57 Å². The van der Waals surface area contributed by atoms with Crippen LogP contribution in [0.2, 0.25) is 0 Å². The molecule has 1 aliphatic rings. The Labute approximate surface area is 194 Å². The topological polar surface area (TPSA) is 71.4 Å². The molecule has 0 radical (unpaired) electrons. The van der Waals surface area contributed by atoms with E-state index < -0.39 is 0 Å².